The first kappa shape index (κ1) is 21.9. The number of nitro benzene ring substituents is 1. The maximum atomic E-state index is 13.0. The second-order valence-corrected chi connectivity index (χ2v) is 9.20. The number of piperidine rings is 1. The summed E-state index contributed by atoms with van der Waals surface area (Å²) < 4.78 is 27.6. The molecule has 30 heavy (non-hydrogen) atoms. The third-order valence-electron chi connectivity index (χ3n) is 5.33. The van der Waals surface area contributed by atoms with E-state index in [0.717, 1.165) is 25.7 Å². The number of hydrogen-bond donors (Lipinski definition) is 1. The molecule has 1 aliphatic heterocycles. The predicted octanol–water partition coefficient (Wildman–Crippen LogP) is 3.73. The summed E-state index contributed by atoms with van der Waals surface area (Å²) in [6, 6.07) is 12.1. The first-order valence-electron chi connectivity index (χ1n) is 9.97. The number of anilines is 1. The summed E-state index contributed by atoms with van der Waals surface area (Å²) in [6.07, 6.45) is 3.39. The molecule has 2 aromatic rings. The Morgan fingerprint density at radius 3 is 2.53 bits per heavy atom. The third-order valence-corrected chi connectivity index (χ3v) is 7.29. The fourth-order valence-electron chi connectivity index (χ4n) is 3.76. The van der Waals surface area contributed by atoms with E-state index in [4.69, 9.17) is 0 Å². The number of nitrogens with zero attached hydrogens (tertiary/aromatic N) is 2. The lowest BCUT2D eigenvalue weighted by atomic mass is 10.0. The molecular formula is C21H25N3O5S. The number of para-hydroxylation sites is 1. The Bertz CT molecular complexity index is 1020. The first-order valence-corrected chi connectivity index (χ1v) is 11.4. The molecule has 1 atom stereocenters. The molecule has 1 fully saturated rings. The van der Waals surface area contributed by atoms with Gasteiger partial charge in [-0.3, -0.25) is 14.9 Å². The number of carbonyl (C=O) groups excluding carboxylic acids is 1. The third kappa shape index (κ3) is 4.85. The summed E-state index contributed by atoms with van der Waals surface area (Å²) in [5.41, 5.74) is 0.638. The quantitative estimate of drug-likeness (QED) is 0.531. The zero-order valence-corrected chi connectivity index (χ0v) is 17.6. The monoisotopic (exact) mass is 431 g/mol. The van der Waals surface area contributed by atoms with E-state index in [1.807, 2.05) is 6.92 Å². The van der Waals surface area contributed by atoms with Crippen LogP contribution in [0.15, 0.2) is 53.4 Å². The molecule has 0 saturated carbocycles. The van der Waals surface area contributed by atoms with Gasteiger partial charge >= 0.3 is 0 Å². The molecule has 160 valence electrons. The van der Waals surface area contributed by atoms with Crippen molar-refractivity contribution in [2.45, 2.75) is 50.0 Å². The van der Waals surface area contributed by atoms with Crippen molar-refractivity contribution in [3.8, 4) is 0 Å². The van der Waals surface area contributed by atoms with Crippen LogP contribution in [0.3, 0.4) is 0 Å². The van der Waals surface area contributed by atoms with E-state index >= 15 is 0 Å². The number of carbonyl (C=O) groups is 1. The fraction of sp³-hybridized carbons (Fsp3) is 0.381. The van der Waals surface area contributed by atoms with Gasteiger partial charge in [-0.15, -0.1) is 0 Å². The zero-order valence-electron chi connectivity index (χ0n) is 16.8. The Hall–Kier alpha value is -2.78. The normalized spacial score (nSPS) is 17.4. The highest BCUT2D eigenvalue weighted by Crippen LogP contribution is 2.27. The average molecular weight is 432 g/mol. The number of nitrogens with one attached hydrogen (secondary N) is 1. The van der Waals surface area contributed by atoms with Gasteiger partial charge in [0.2, 0.25) is 15.9 Å². The Labute approximate surface area is 176 Å². The fourth-order valence-corrected chi connectivity index (χ4v) is 5.53. The number of hydrogen-bond acceptors (Lipinski definition) is 5. The second-order valence-electron chi connectivity index (χ2n) is 7.31. The van der Waals surface area contributed by atoms with Crippen LogP contribution in [-0.4, -0.2) is 36.1 Å². The maximum Gasteiger partial charge on any atom is 0.273 e. The lowest BCUT2D eigenvalue weighted by Crippen LogP contribution is -2.43. The van der Waals surface area contributed by atoms with Crippen LogP contribution in [0.5, 0.6) is 0 Å². The molecule has 1 amide bonds. The molecule has 3 rings (SSSR count). The molecule has 0 aromatic heterocycles. The smallest absolute Gasteiger partial charge is 0.273 e. The van der Waals surface area contributed by atoms with Crippen molar-refractivity contribution in [1.29, 1.82) is 0 Å². The van der Waals surface area contributed by atoms with Crippen LogP contribution in [0.2, 0.25) is 0 Å². The molecule has 0 spiro atoms. The van der Waals surface area contributed by atoms with Crippen molar-refractivity contribution < 1.29 is 18.1 Å². The number of nitro groups is 1. The van der Waals surface area contributed by atoms with E-state index in [1.54, 1.807) is 16.4 Å². The van der Waals surface area contributed by atoms with Crippen LogP contribution in [-0.2, 0) is 21.2 Å². The molecular weight excluding hydrogens is 406 g/mol. The molecule has 1 unspecified atom stereocenters. The number of amides is 1. The van der Waals surface area contributed by atoms with E-state index in [2.05, 4.69) is 5.32 Å². The van der Waals surface area contributed by atoms with Gasteiger partial charge in [0.15, 0.2) is 0 Å². The van der Waals surface area contributed by atoms with Crippen LogP contribution in [0.1, 0.15) is 38.2 Å². The summed E-state index contributed by atoms with van der Waals surface area (Å²) >= 11 is 0. The molecule has 1 N–H and O–H groups in total. The molecule has 1 heterocycles. The zero-order chi connectivity index (χ0) is 21.7. The van der Waals surface area contributed by atoms with Crippen molar-refractivity contribution in [2.24, 2.45) is 0 Å². The van der Waals surface area contributed by atoms with E-state index in [9.17, 15) is 23.3 Å². The van der Waals surface area contributed by atoms with Gasteiger partial charge in [0, 0.05) is 29.9 Å². The topological polar surface area (TPSA) is 110 Å². The maximum absolute atomic E-state index is 13.0. The summed E-state index contributed by atoms with van der Waals surface area (Å²) in [6.45, 7) is 2.52. The van der Waals surface area contributed by atoms with Gasteiger partial charge < -0.3 is 5.32 Å². The second kappa shape index (κ2) is 9.36. The highest BCUT2D eigenvalue weighted by Gasteiger charge is 2.32. The van der Waals surface area contributed by atoms with Crippen molar-refractivity contribution in [3.05, 3.63) is 64.2 Å². The van der Waals surface area contributed by atoms with E-state index in [0.29, 0.717) is 17.8 Å². The van der Waals surface area contributed by atoms with Crippen molar-refractivity contribution in [1.82, 2.24) is 4.31 Å². The van der Waals surface area contributed by atoms with E-state index in [1.165, 1.54) is 36.4 Å². The molecule has 8 nitrogen and oxygen atoms in total. The minimum atomic E-state index is -3.59. The minimum absolute atomic E-state index is 0.0183. The molecule has 1 aliphatic rings. The SMILES string of the molecule is CCC1CCCCN1S(=O)(=O)c1ccc(NC(=O)Cc2ccccc2[N+](=O)[O-])cc1. The van der Waals surface area contributed by atoms with Gasteiger partial charge in [0.25, 0.3) is 5.69 Å². The molecule has 9 heteroatoms. The van der Waals surface area contributed by atoms with Gasteiger partial charge in [-0.1, -0.05) is 31.5 Å². The van der Waals surface area contributed by atoms with Crippen LogP contribution < -0.4 is 5.32 Å². The van der Waals surface area contributed by atoms with E-state index < -0.39 is 20.9 Å². The van der Waals surface area contributed by atoms with Gasteiger partial charge in [0.05, 0.1) is 16.2 Å². The van der Waals surface area contributed by atoms with Gasteiger partial charge in [0.1, 0.15) is 0 Å². The standard InChI is InChI=1S/C21H25N3O5S/c1-2-18-8-5-6-14-23(18)30(28,29)19-12-10-17(11-13-19)22-21(25)15-16-7-3-4-9-20(16)24(26)27/h3-4,7,9-13,18H,2,5-6,8,14-15H2,1H3,(H,22,25). The van der Waals surface area contributed by atoms with Gasteiger partial charge in [-0.2, -0.15) is 4.31 Å². The van der Waals surface area contributed by atoms with Gasteiger partial charge in [-0.05, 0) is 43.5 Å². The Morgan fingerprint density at radius 1 is 1.17 bits per heavy atom. The number of benzene rings is 2. The number of rotatable bonds is 7. The number of sulfonamides is 1. The van der Waals surface area contributed by atoms with Crippen LogP contribution in [0.4, 0.5) is 11.4 Å². The molecule has 0 bridgehead atoms. The van der Waals surface area contributed by atoms with Crippen LogP contribution in [0.25, 0.3) is 0 Å². The largest absolute Gasteiger partial charge is 0.326 e. The summed E-state index contributed by atoms with van der Waals surface area (Å²) in [4.78, 5) is 23.1. The average Bonchev–Trinajstić information content (AvgIpc) is 2.74. The highest BCUT2D eigenvalue weighted by atomic mass is 32.2. The molecule has 0 aliphatic carbocycles. The lowest BCUT2D eigenvalue weighted by Gasteiger charge is -2.34. The predicted molar refractivity (Wildman–Crippen MR) is 114 cm³/mol. The Kier molecular flexibility index (Phi) is 6.84. The van der Waals surface area contributed by atoms with Crippen molar-refractivity contribution >= 4 is 27.3 Å². The Morgan fingerprint density at radius 2 is 1.87 bits per heavy atom. The van der Waals surface area contributed by atoms with Gasteiger partial charge in [-0.25, -0.2) is 8.42 Å². The molecule has 0 radical (unpaired) electrons. The summed E-state index contributed by atoms with van der Waals surface area (Å²) in [5.74, 6) is -0.415. The van der Waals surface area contributed by atoms with Crippen molar-refractivity contribution in [2.75, 3.05) is 11.9 Å². The summed E-state index contributed by atoms with van der Waals surface area (Å²) in [7, 11) is -3.59. The summed E-state index contributed by atoms with van der Waals surface area (Å²) in [5, 5.41) is 13.7. The van der Waals surface area contributed by atoms with E-state index in [-0.39, 0.29) is 23.0 Å². The highest BCUT2D eigenvalue weighted by molar-refractivity contribution is 7.89. The van der Waals surface area contributed by atoms with Crippen LogP contribution in [0, 0.1) is 10.1 Å². The van der Waals surface area contributed by atoms with Crippen molar-refractivity contribution in [3.63, 3.8) is 0 Å². The lowest BCUT2D eigenvalue weighted by molar-refractivity contribution is -0.385. The Balaban J connectivity index is 1.70. The van der Waals surface area contributed by atoms with Crippen LogP contribution >= 0.6 is 0 Å². The minimum Gasteiger partial charge on any atom is -0.326 e. The molecule has 1 saturated heterocycles. The molecule has 2 aromatic carbocycles. The first-order chi connectivity index (χ1) is 14.3.